The van der Waals surface area contributed by atoms with Gasteiger partial charge in [-0.25, -0.2) is 4.79 Å². The number of carbonyl (C=O) groups excluding carboxylic acids is 3. The Morgan fingerprint density at radius 1 is 0.712 bits per heavy atom. The van der Waals surface area contributed by atoms with Gasteiger partial charge in [-0.15, -0.1) is 0 Å². The summed E-state index contributed by atoms with van der Waals surface area (Å²) in [6.45, 7) is 7.81. The van der Waals surface area contributed by atoms with E-state index in [-0.39, 0.29) is 40.7 Å². The molecule has 8 rings (SSSR count). The summed E-state index contributed by atoms with van der Waals surface area (Å²) >= 11 is 0. The summed E-state index contributed by atoms with van der Waals surface area (Å²) in [5.74, 6) is -0.830. The summed E-state index contributed by atoms with van der Waals surface area (Å²) in [6, 6.07) is 0. The summed E-state index contributed by atoms with van der Waals surface area (Å²) in [7, 11) is 1.33. The molecule has 0 aromatic rings. The van der Waals surface area contributed by atoms with E-state index in [1.54, 1.807) is 13.0 Å². The predicted molar refractivity (Wildman–Crippen MR) is 222 cm³/mol. The van der Waals surface area contributed by atoms with Crippen molar-refractivity contribution in [1.82, 2.24) is 0 Å². The number of cyclic esters (lactones) is 1. The molecule has 4 aliphatic carbocycles. The fraction of sp³-hybridized carbons (Fsp3) is 0.891. The average molecular weight is 943 g/mol. The van der Waals surface area contributed by atoms with Crippen LogP contribution in [0.25, 0.3) is 0 Å². The molecular weight excluding hydrogens is 872 g/mol. The zero-order chi connectivity index (χ0) is 47.6. The highest BCUT2D eigenvalue weighted by Crippen LogP contribution is 2.70. The van der Waals surface area contributed by atoms with Gasteiger partial charge >= 0.3 is 17.9 Å². The van der Waals surface area contributed by atoms with Gasteiger partial charge in [0.15, 0.2) is 31.1 Å². The number of hydrogen-bond donors (Lipinski definition) is 7. The molecule has 7 N–H and O–H groups in total. The number of fused-ring (bicyclic) bond motifs is 5. The molecule has 20 heteroatoms. The maximum atomic E-state index is 12.6. The van der Waals surface area contributed by atoms with Crippen LogP contribution in [0, 0.1) is 34.5 Å². The van der Waals surface area contributed by atoms with Gasteiger partial charge in [-0.2, -0.15) is 0 Å². The van der Waals surface area contributed by atoms with Gasteiger partial charge in [0.1, 0.15) is 61.5 Å². The smallest absolute Gasteiger partial charge is 0.331 e. The van der Waals surface area contributed by atoms with Crippen LogP contribution < -0.4 is 0 Å². The van der Waals surface area contributed by atoms with Crippen LogP contribution in [-0.4, -0.2) is 184 Å². The molecule has 0 radical (unpaired) electrons. The summed E-state index contributed by atoms with van der Waals surface area (Å²) in [4.78, 5) is 35.9. The molecule has 0 spiro atoms. The second-order valence-corrected chi connectivity index (χ2v) is 20.6. The molecule has 66 heavy (non-hydrogen) atoms. The zero-order valence-corrected chi connectivity index (χ0v) is 38.5. The predicted octanol–water partition coefficient (Wildman–Crippen LogP) is -0.0998. The first-order chi connectivity index (χ1) is 31.2. The Bertz CT molecular complexity index is 1800. The molecule has 0 bridgehead atoms. The Labute approximate surface area is 384 Å². The van der Waals surface area contributed by atoms with Gasteiger partial charge in [-0.05, 0) is 99.4 Å². The minimum atomic E-state index is -1.80. The molecular formula is C46H70O20. The third-order valence-corrected chi connectivity index (χ3v) is 17.1. The van der Waals surface area contributed by atoms with Gasteiger partial charge in [0.05, 0.1) is 31.0 Å². The Hall–Kier alpha value is -2.41. The zero-order valence-electron chi connectivity index (χ0n) is 38.5. The van der Waals surface area contributed by atoms with Crippen LogP contribution >= 0.6 is 0 Å². The maximum Gasteiger partial charge on any atom is 0.331 e. The Morgan fingerprint density at radius 2 is 1.33 bits per heavy atom. The first kappa shape index (κ1) is 50.0. The van der Waals surface area contributed by atoms with Crippen molar-refractivity contribution in [2.75, 3.05) is 26.9 Å². The lowest BCUT2D eigenvalue weighted by atomic mass is 9.43. The molecule has 7 fully saturated rings. The first-order valence-electron chi connectivity index (χ1n) is 23.6. The van der Waals surface area contributed by atoms with Gasteiger partial charge in [0, 0.05) is 32.4 Å². The maximum absolute atomic E-state index is 12.6. The van der Waals surface area contributed by atoms with E-state index in [4.69, 9.17) is 47.4 Å². The Morgan fingerprint density at radius 3 is 1.95 bits per heavy atom. The number of hydrogen-bond acceptors (Lipinski definition) is 20. The van der Waals surface area contributed by atoms with Crippen LogP contribution in [-0.2, 0) is 61.8 Å². The van der Waals surface area contributed by atoms with E-state index < -0.39 is 123 Å². The summed E-state index contributed by atoms with van der Waals surface area (Å²) in [5.41, 5.74) is -0.249. The van der Waals surface area contributed by atoms with Gasteiger partial charge in [0.25, 0.3) is 0 Å². The van der Waals surface area contributed by atoms with Crippen molar-refractivity contribution >= 4 is 17.9 Å². The molecule has 8 aliphatic rings. The number of rotatable bonds is 12. The lowest BCUT2D eigenvalue weighted by Gasteiger charge is -2.64. The van der Waals surface area contributed by atoms with Crippen LogP contribution in [0.4, 0.5) is 0 Å². The number of esters is 3. The van der Waals surface area contributed by atoms with Crippen LogP contribution in [0.15, 0.2) is 11.6 Å². The SMILES string of the molecule is CO[C@H]1[C@@H](OC(C)=O)[C@H](C)O[C@@H](OC[C@H]2O[C@@H](OC[C@@H]3O[C@H](O[C@H]4CC[C@]5(C)[C@@H](CC[C@H]6[C@H]5CC[C@@]5(C)[C@H](C7=CC(=O)OC7)CC[C@]65O)C4)[C@@H](O)[C@@H](O)[C@H]3O)[C@H](O)[C@H](O)[C@@H]2O)[C@@H]1OC(C)=O. The number of carbonyl (C=O) groups is 3. The van der Waals surface area contributed by atoms with E-state index in [9.17, 15) is 50.1 Å². The minimum absolute atomic E-state index is 0.0594. The second-order valence-electron chi connectivity index (χ2n) is 20.6. The highest BCUT2D eigenvalue weighted by atomic mass is 16.8. The highest BCUT2D eigenvalue weighted by molar-refractivity contribution is 5.85. The monoisotopic (exact) mass is 942 g/mol. The van der Waals surface area contributed by atoms with E-state index in [1.165, 1.54) is 14.0 Å². The van der Waals surface area contributed by atoms with Crippen LogP contribution in [0.3, 0.4) is 0 Å². The molecule has 4 saturated carbocycles. The molecule has 4 aliphatic heterocycles. The van der Waals surface area contributed by atoms with Gasteiger partial charge < -0.3 is 83.1 Å². The van der Waals surface area contributed by atoms with Gasteiger partial charge in [0.2, 0.25) is 0 Å². The third-order valence-electron chi connectivity index (χ3n) is 17.1. The van der Waals surface area contributed by atoms with Crippen molar-refractivity contribution in [3.05, 3.63) is 11.6 Å². The third kappa shape index (κ3) is 8.99. The van der Waals surface area contributed by atoms with Gasteiger partial charge in [-0.1, -0.05) is 13.8 Å². The molecule has 0 amide bonds. The van der Waals surface area contributed by atoms with E-state index >= 15 is 0 Å². The summed E-state index contributed by atoms with van der Waals surface area (Å²) < 4.78 is 57.5. The quantitative estimate of drug-likeness (QED) is 0.0764. The van der Waals surface area contributed by atoms with Crippen molar-refractivity contribution in [1.29, 1.82) is 0 Å². The molecule has 23 atom stereocenters. The van der Waals surface area contributed by atoms with E-state index in [2.05, 4.69) is 13.8 Å². The normalized spacial score (nSPS) is 50.3. The lowest BCUT2D eigenvalue weighted by molar-refractivity contribution is -0.345. The largest absolute Gasteiger partial charge is 0.458 e. The molecule has 0 aromatic heterocycles. The fourth-order valence-corrected chi connectivity index (χ4v) is 13.5. The van der Waals surface area contributed by atoms with E-state index in [0.717, 1.165) is 51.0 Å². The van der Waals surface area contributed by atoms with Crippen molar-refractivity contribution in [3.63, 3.8) is 0 Å². The van der Waals surface area contributed by atoms with Gasteiger partial charge in [-0.3, -0.25) is 9.59 Å². The van der Waals surface area contributed by atoms with Crippen molar-refractivity contribution in [2.24, 2.45) is 34.5 Å². The first-order valence-corrected chi connectivity index (χ1v) is 23.6. The topological polar surface area (TPSA) is 285 Å². The summed E-state index contributed by atoms with van der Waals surface area (Å²) in [5, 5.41) is 78.2. The number of aliphatic hydroxyl groups excluding tert-OH is 6. The van der Waals surface area contributed by atoms with E-state index in [1.807, 2.05) is 0 Å². The lowest BCUT2D eigenvalue weighted by Crippen LogP contribution is -2.63. The van der Waals surface area contributed by atoms with E-state index in [0.29, 0.717) is 31.8 Å². The molecule has 20 nitrogen and oxygen atoms in total. The molecule has 3 saturated heterocycles. The number of ether oxygens (including phenoxy) is 10. The molecule has 0 aromatic carbocycles. The molecule has 374 valence electrons. The number of methoxy groups -OCH3 is 1. The Balaban J connectivity index is 0.869. The van der Waals surface area contributed by atoms with Crippen molar-refractivity contribution < 1.29 is 97.5 Å². The Kier molecular flexibility index (Phi) is 14.7. The molecule has 4 heterocycles. The number of aliphatic hydroxyl groups is 7. The standard InChI is InChI=1S/C46H70O20/c1-20-38(62-21(2)47)39(57-6)40(63-22(3)48)43(61-20)60-19-29-32(50)34(52)36(54)41(65-29)59-18-30-33(51)35(53)37(55)42(66-30)64-25-9-12-44(4)24(16-25)7-8-28-27(44)10-13-45(5)26(11-14-46(28,45)56)23-15-31(49)58-17-23/h15,20,24-30,32-43,50-56H,7-14,16-19H2,1-6H3/t20-,24-,25-,26-,27+,28-,29+,30-,32+,33-,34+,35-,36+,37-,38-,39-,40+,41+,42-,43+,44+,45-,46-/m0/s1. The molecule has 0 unspecified atom stereocenters. The minimum Gasteiger partial charge on any atom is -0.458 e. The van der Waals surface area contributed by atoms with Crippen LogP contribution in [0.5, 0.6) is 0 Å². The van der Waals surface area contributed by atoms with Crippen molar-refractivity contribution in [3.8, 4) is 0 Å². The van der Waals surface area contributed by atoms with Crippen LogP contribution in [0.2, 0.25) is 0 Å². The second kappa shape index (κ2) is 19.4. The van der Waals surface area contributed by atoms with Crippen LogP contribution in [0.1, 0.15) is 92.4 Å². The van der Waals surface area contributed by atoms with Crippen molar-refractivity contribution in [2.45, 2.75) is 196 Å². The fourth-order valence-electron chi connectivity index (χ4n) is 13.5. The average Bonchev–Trinajstić information content (AvgIpc) is 3.82. The summed E-state index contributed by atoms with van der Waals surface area (Å²) in [6.07, 6.45) is -12.6. The highest BCUT2D eigenvalue weighted by Gasteiger charge is 2.68.